The Morgan fingerprint density at radius 3 is 1.72 bits per heavy atom. The van der Waals surface area contributed by atoms with Crippen LogP contribution in [0.15, 0.2) is 0 Å². The molecule has 110 valence electrons. The Labute approximate surface area is 124 Å². The van der Waals surface area contributed by atoms with Crippen molar-refractivity contribution in [3.63, 3.8) is 0 Å². The minimum Gasteiger partial charge on any atom is -0.165 e. The maximum Gasteiger partial charge on any atom is 0.00785 e. The Bertz CT molecular complexity index is 213. The summed E-state index contributed by atoms with van der Waals surface area (Å²) in [4.78, 5) is 0. The van der Waals surface area contributed by atoms with Gasteiger partial charge in [-0.25, -0.2) is 0 Å². The van der Waals surface area contributed by atoms with E-state index in [1.807, 2.05) is 23.5 Å². The summed E-state index contributed by atoms with van der Waals surface area (Å²) in [7, 11) is 0. The summed E-state index contributed by atoms with van der Waals surface area (Å²) in [6, 6.07) is 0. The van der Waals surface area contributed by atoms with Crippen molar-refractivity contribution in [1.29, 1.82) is 0 Å². The lowest BCUT2D eigenvalue weighted by atomic mass is 10.1. The average molecular weight is 291 g/mol. The molecule has 0 spiro atoms. The molecule has 0 bridgehead atoms. The van der Waals surface area contributed by atoms with Gasteiger partial charge in [-0.1, -0.05) is 35.1 Å². The second-order valence-corrected chi connectivity index (χ2v) is 8.26. The van der Waals surface area contributed by atoms with Crippen LogP contribution in [0, 0.1) is 29.6 Å². The van der Waals surface area contributed by atoms with Crippen LogP contribution in [0.2, 0.25) is 0 Å². The summed E-state index contributed by atoms with van der Waals surface area (Å²) in [6.07, 6.45) is 7.39. The largest absolute Gasteiger partial charge is 0.165 e. The first-order chi connectivity index (χ1) is 8.01. The molecule has 2 rings (SSSR count). The van der Waals surface area contributed by atoms with Crippen LogP contribution in [-0.4, -0.2) is 23.5 Å². The maximum absolute atomic E-state index is 2.34. The van der Waals surface area contributed by atoms with Gasteiger partial charge in [0.15, 0.2) is 0 Å². The zero-order chi connectivity index (χ0) is 13.0. The number of thioether (sulfide) groups is 2. The molecule has 2 aliphatic carbocycles. The van der Waals surface area contributed by atoms with E-state index >= 15 is 0 Å². The van der Waals surface area contributed by atoms with Crippen LogP contribution >= 0.6 is 23.5 Å². The van der Waals surface area contributed by atoms with Crippen LogP contribution in [0.3, 0.4) is 0 Å². The SMILES string of the molecule is C.CSC1CC1C(C)C.CSCC1CC1C(C)C. The van der Waals surface area contributed by atoms with Crippen molar-refractivity contribution in [1.82, 2.24) is 0 Å². The fourth-order valence-electron chi connectivity index (χ4n) is 2.66. The predicted molar refractivity (Wildman–Crippen MR) is 91.8 cm³/mol. The molecule has 0 aromatic heterocycles. The van der Waals surface area contributed by atoms with Crippen LogP contribution in [0.1, 0.15) is 48.0 Å². The zero-order valence-corrected chi connectivity index (χ0v) is 14.0. The van der Waals surface area contributed by atoms with Crippen molar-refractivity contribution in [3.8, 4) is 0 Å². The Balaban J connectivity index is 0.000000306. The highest BCUT2D eigenvalue weighted by Gasteiger charge is 2.38. The molecule has 2 fully saturated rings. The lowest BCUT2D eigenvalue weighted by Gasteiger charge is -2.00. The first-order valence-corrected chi connectivity index (χ1v) is 9.71. The summed E-state index contributed by atoms with van der Waals surface area (Å²) in [5, 5.41) is 1.01. The minimum atomic E-state index is 0. The smallest absolute Gasteiger partial charge is 0.00785 e. The van der Waals surface area contributed by atoms with E-state index in [2.05, 4.69) is 40.2 Å². The van der Waals surface area contributed by atoms with Crippen LogP contribution in [-0.2, 0) is 0 Å². The molecule has 2 heteroatoms. The quantitative estimate of drug-likeness (QED) is 0.639. The summed E-state index contributed by atoms with van der Waals surface area (Å²) in [5.74, 6) is 6.43. The standard InChI is InChI=1S/C8H16S.C7H14S.CH4/c1-6(2)8-4-7(8)5-9-3;1-5(2)6-4-7(6)8-3;/h6-8H,4-5H2,1-3H3;5-7H,4H2,1-3H3;1H4. The molecule has 2 aliphatic rings. The Morgan fingerprint density at radius 1 is 0.944 bits per heavy atom. The summed E-state index contributed by atoms with van der Waals surface area (Å²) in [5.41, 5.74) is 0. The normalized spacial score (nSPS) is 32.7. The van der Waals surface area contributed by atoms with E-state index in [4.69, 9.17) is 0 Å². The van der Waals surface area contributed by atoms with Gasteiger partial charge in [0.2, 0.25) is 0 Å². The van der Waals surface area contributed by atoms with Crippen molar-refractivity contribution in [2.45, 2.75) is 53.2 Å². The van der Waals surface area contributed by atoms with Crippen molar-refractivity contribution in [3.05, 3.63) is 0 Å². The molecule has 0 aliphatic heterocycles. The van der Waals surface area contributed by atoms with Gasteiger partial charge >= 0.3 is 0 Å². The van der Waals surface area contributed by atoms with Gasteiger partial charge in [0.25, 0.3) is 0 Å². The van der Waals surface area contributed by atoms with Gasteiger partial charge in [-0.2, -0.15) is 23.5 Å². The van der Waals surface area contributed by atoms with Crippen LogP contribution in [0.5, 0.6) is 0 Å². The van der Waals surface area contributed by atoms with Crippen LogP contribution in [0.25, 0.3) is 0 Å². The highest BCUT2D eigenvalue weighted by Crippen LogP contribution is 2.45. The van der Waals surface area contributed by atoms with Crippen molar-refractivity contribution in [2.75, 3.05) is 18.3 Å². The minimum absolute atomic E-state index is 0. The number of hydrogen-bond acceptors (Lipinski definition) is 2. The summed E-state index contributed by atoms with van der Waals surface area (Å²) < 4.78 is 0. The Hall–Kier alpha value is 0.700. The molecule has 0 saturated heterocycles. The first kappa shape index (κ1) is 18.7. The van der Waals surface area contributed by atoms with Crippen molar-refractivity contribution in [2.24, 2.45) is 29.6 Å². The van der Waals surface area contributed by atoms with E-state index in [1.165, 1.54) is 18.6 Å². The molecule has 4 atom stereocenters. The third kappa shape index (κ3) is 6.23. The van der Waals surface area contributed by atoms with Gasteiger partial charge in [0.1, 0.15) is 0 Å². The summed E-state index contributed by atoms with van der Waals surface area (Å²) >= 11 is 4.02. The Kier molecular flexibility index (Phi) is 9.13. The maximum atomic E-state index is 2.34. The molecule has 0 amide bonds. The molecule has 0 heterocycles. The molecular formula is C16H34S2. The number of rotatable bonds is 5. The monoisotopic (exact) mass is 290 g/mol. The predicted octanol–water partition coefficient (Wildman–Crippen LogP) is 5.67. The molecule has 0 nitrogen and oxygen atoms in total. The van der Waals surface area contributed by atoms with Crippen LogP contribution < -0.4 is 0 Å². The van der Waals surface area contributed by atoms with Gasteiger partial charge in [0.05, 0.1) is 0 Å². The van der Waals surface area contributed by atoms with Gasteiger partial charge < -0.3 is 0 Å². The molecule has 2 saturated carbocycles. The van der Waals surface area contributed by atoms with Gasteiger partial charge in [0, 0.05) is 5.25 Å². The summed E-state index contributed by atoms with van der Waals surface area (Å²) in [6.45, 7) is 9.32. The lowest BCUT2D eigenvalue weighted by Crippen LogP contribution is -1.93. The van der Waals surface area contributed by atoms with E-state index in [-0.39, 0.29) is 7.43 Å². The second-order valence-electron chi connectivity index (χ2n) is 6.28. The molecular weight excluding hydrogens is 256 g/mol. The van der Waals surface area contributed by atoms with Crippen LogP contribution in [0.4, 0.5) is 0 Å². The average Bonchev–Trinajstić information content (AvgIpc) is 3.13. The van der Waals surface area contributed by atoms with Crippen molar-refractivity contribution >= 4 is 23.5 Å². The van der Waals surface area contributed by atoms with Gasteiger partial charge in [-0.05, 0) is 60.7 Å². The van der Waals surface area contributed by atoms with E-state index in [0.717, 1.165) is 34.8 Å². The molecule has 0 aromatic carbocycles. The molecule has 4 unspecified atom stereocenters. The lowest BCUT2D eigenvalue weighted by molar-refractivity contribution is 0.533. The van der Waals surface area contributed by atoms with Crippen molar-refractivity contribution < 1.29 is 0 Å². The fraction of sp³-hybridized carbons (Fsp3) is 1.00. The topological polar surface area (TPSA) is 0 Å². The number of hydrogen-bond donors (Lipinski definition) is 0. The first-order valence-electron chi connectivity index (χ1n) is 7.02. The molecule has 0 aromatic rings. The third-order valence-corrected chi connectivity index (χ3v) is 6.06. The van der Waals surface area contributed by atoms with E-state index in [9.17, 15) is 0 Å². The van der Waals surface area contributed by atoms with E-state index in [0.29, 0.717) is 0 Å². The highest BCUT2D eigenvalue weighted by molar-refractivity contribution is 7.99. The van der Waals surface area contributed by atoms with E-state index in [1.54, 1.807) is 0 Å². The molecule has 0 radical (unpaired) electrons. The highest BCUT2D eigenvalue weighted by atomic mass is 32.2. The second kappa shape index (κ2) is 8.79. The zero-order valence-electron chi connectivity index (χ0n) is 12.4. The Morgan fingerprint density at radius 2 is 1.50 bits per heavy atom. The van der Waals surface area contributed by atoms with Gasteiger partial charge in [-0.15, -0.1) is 0 Å². The fourth-order valence-corrected chi connectivity index (χ4v) is 4.55. The van der Waals surface area contributed by atoms with E-state index < -0.39 is 0 Å². The molecule has 18 heavy (non-hydrogen) atoms. The molecule has 0 N–H and O–H groups in total. The van der Waals surface area contributed by atoms with Gasteiger partial charge in [-0.3, -0.25) is 0 Å². The third-order valence-electron chi connectivity index (χ3n) is 4.15.